The minimum atomic E-state index is -0.175. The van der Waals surface area contributed by atoms with Crippen molar-refractivity contribution in [3.05, 3.63) is 12.7 Å². The van der Waals surface area contributed by atoms with E-state index in [1.165, 1.54) is 0 Å². The van der Waals surface area contributed by atoms with Crippen LogP contribution in [-0.2, 0) is 9.59 Å². The molecule has 1 heterocycles. The molecular formula is C13H22N2O2. The van der Waals surface area contributed by atoms with Crippen LogP contribution in [0.3, 0.4) is 0 Å². The van der Waals surface area contributed by atoms with Crippen LogP contribution in [0.15, 0.2) is 12.7 Å². The molecule has 1 unspecified atom stereocenters. The molecular weight excluding hydrogens is 216 g/mol. The first-order chi connectivity index (χ1) is 8.04. The fourth-order valence-corrected chi connectivity index (χ4v) is 2.01. The summed E-state index contributed by atoms with van der Waals surface area (Å²) in [5, 5.41) is 2.83. The molecule has 17 heavy (non-hydrogen) atoms. The van der Waals surface area contributed by atoms with E-state index in [-0.39, 0.29) is 17.7 Å². The first-order valence-corrected chi connectivity index (χ1v) is 6.21. The molecule has 0 aliphatic carbocycles. The molecule has 1 atom stereocenters. The highest BCUT2D eigenvalue weighted by Gasteiger charge is 2.33. The molecule has 1 N–H and O–H groups in total. The summed E-state index contributed by atoms with van der Waals surface area (Å²) in [5.41, 5.74) is 0. The Labute approximate surface area is 103 Å². The minimum Gasteiger partial charge on any atom is -0.355 e. The largest absolute Gasteiger partial charge is 0.355 e. The molecule has 4 nitrogen and oxygen atoms in total. The van der Waals surface area contributed by atoms with Crippen molar-refractivity contribution in [3.8, 4) is 0 Å². The lowest BCUT2D eigenvalue weighted by Crippen LogP contribution is -2.34. The van der Waals surface area contributed by atoms with E-state index < -0.39 is 0 Å². The van der Waals surface area contributed by atoms with Crippen molar-refractivity contribution in [1.29, 1.82) is 0 Å². The van der Waals surface area contributed by atoms with Gasteiger partial charge >= 0.3 is 0 Å². The average Bonchev–Trinajstić information content (AvgIpc) is 2.60. The van der Waals surface area contributed by atoms with Gasteiger partial charge in [0.05, 0.1) is 5.92 Å². The van der Waals surface area contributed by atoms with Gasteiger partial charge in [-0.25, -0.2) is 0 Å². The summed E-state index contributed by atoms with van der Waals surface area (Å²) in [6.45, 7) is 9.67. The molecule has 96 valence electrons. The Kier molecular flexibility index (Phi) is 5.19. The van der Waals surface area contributed by atoms with Gasteiger partial charge < -0.3 is 10.2 Å². The second-order valence-corrected chi connectivity index (χ2v) is 4.96. The first kappa shape index (κ1) is 13.7. The number of nitrogens with one attached hydrogen (secondary N) is 1. The molecule has 0 aromatic carbocycles. The van der Waals surface area contributed by atoms with Gasteiger partial charge in [-0.15, -0.1) is 6.58 Å². The van der Waals surface area contributed by atoms with Crippen LogP contribution in [0.5, 0.6) is 0 Å². The molecule has 1 aliphatic heterocycles. The molecule has 0 radical (unpaired) electrons. The lowest BCUT2D eigenvalue weighted by atomic mass is 10.1. The van der Waals surface area contributed by atoms with Crippen LogP contribution < -0.4 is 5.32 Å². The normalized spacial score (nSPS) is 19.8. The fourth-order valence-electron chi connectivity index (χ4n) is 2.01. The predicted molar refractivity (Wildman–Crippen MR) is 67.3 cm³/mol. The number of hydrogen-bond donors (Lipinski definition) is 1. The monoisotopic (exact) mass is 238 g/mol. The van der Waals surface area contributed by atoms with E-state index in [0.717, 1.165) is 13.0 Å². The summed E-state index contributed by atoms with van der Waals surface area (Å²) in [7, 11) is 0. The average molecular weight is 238 g/mol. The summed E-state index contributed by atoms with van der Waals surface area (Å²) in [5.74, 6) is 0.363. The maximum atomic E-state index is 11.8. The van der Waals surface area contributed by atoms with Crippen molar-refractivity contribution >= 4 is 11.8 Å². The van der Waals surface area contributed by atoms with Crippen molar-refractivity contribution in [1.82, 2.24) is 10.2 Å². The van der Waals surface area contributed by atoms with Gasteiger partial charge in [-0.2, -0.15) is 0 Å². The molecule has 0 spiro atoms. The second kappa shape index (κ2) is 6.42. The van der Waals surface area contributed by atoms with Gasteiger partial charge in [-0.3, -0.25) is 9.59 Å². The zero-order chi connectivity index (χ0) is 12.8. The van der Waals surface area contributed by atoms with Gasteiger partial charge in [0.15, 0.2) is 0 Å². The van der Waals surface area contributed by atoms with Crippen molar-refractivity contribution in [3.63, 3.8) is 0 Å². The molecule has 0 aromatic rings. The molecule has 4 heteroatoms. The molecule has 0 saturated carbocycles. The van der Waals surface area contributed by atoms with Crippen molar-refractivity contribution < 1.29 is 9.59 Å². The van der Waals surface area contributed by atoms with Crippen molar-refractivity contribution in [2.75, 3.05) is 19.6 Å². The van der Waals surface area contributed by atoms with Crippen LogP contribution in [0.2, 0.25) is 0 Å². The number of rotatable bonds is 6. The molecule has 1 fully saturated rings. The quantitative estimate of drug-likeness (QED) is 0.558. The third kappa shape index (κ3) is 4.21. The molecule has 1 saturated heterocycles. The number of amides is 2. The summed E-state index contributed by atoms with van der Waals surface area (Å²) in [6, 6.07) is 0. The summed E-state index contributed by atoms with van der Waals surface area (Å²) < 4.78 is 0. The summed E-state index contributed by atoms with van der Waals surface area (Å²) in [4.78, 5) is 25.3. The lowest BCUT2D eigenvalue weighted by Gasteiger charge is -2.18. The zero-order valence-corrected chi connectivity index (χ0v) is 10.7. The van der Waals surface area contributed by atoms with E-state index in [2.05, 4.69) is 25.7 Å². The van der Waals surface area contributed by atoms with Crippen LogP contribution in [0.4, 0.5) is 0 Å². The maximum absolute atomic E-state index is 11.8. The maximum Gasteiger partial charge on any atom is 0.225 e. The van der Waals surface area contributed by atoms with Crippen molar-refractivity contribution in [2.24, 2.45) is 11.8 Å². The topological polar surface area (TPSA) is 49.4 Å². The Morgan fingerprint density at radius 3 is 2.94 bits per heavy atom. The highest BCUT2D eigenvalue weighted by Crippen LogP contribution is 2.19. The van der Waals surface area contributed by atoms with E-state index in [9.17, 15) is 9.59 Å². The SMILES string of the molecule is C=CCCNC(=O)C1CC(=O)N(CC(C)C)C1. The van der Waals surface area contributed by atoms with Gasteiger partial charge in [0.2, 0.25) is 11.8 Å². The Morgan fingerprint density at radius 1 is 1.65 bits per heavy atom. The van der Waals surface area contributed by atoms with E-state index in [0.29, 0.717) is 25.4 Å². The van der Waals surface area contributed by atoms with Gasteiger partial charge in [-0.1, -0.05) is 19.9 Å². The highest BCUT2D eigenvalue weighted by atomic mass is 16.2. The summed E-state index contributed by atoms with van der Waals surface area (Å²) in [6.07, 6.45) is 2.89. The minimum absolute atomic E-state index is 0.00791. The van der Waals surface area contributed by atoms with E-state index in [1.807, 2.05) is 0 Å². The number of nitrogens with zero attached hydrogens (tertiary/aromatic N) is 1. The van der Waals surface area contributed by atoms with Crippen LogP contribution in [0.1, 0.15) is 26.7 Å². The second-order valence-electron chi connectivity index (χ2n) is 4.96. The van der Waals surface area contributed by atoms with E-state index in [1.54, 1.807) is 11.0 Å². The van der Waals surface area contributed by atoms with Crippen LogP contribution in [-0.4, -0.2) is 36.3 Å². The molecule has 2 amide bonds. The highest BCUT2D eigenvalue weighted by molar-refractivity contribution is 5.89. The third-order valence-electron chi connectivity index (χ3n) is 2.82. The number of carbonyl (C=O) groups excluding carboxylic acids is 2. The Hall–Kier alpha value is -1.32. The Balaban J connectivity index is 2.39. The molecule has 0 aromatic heterocycles. The molecule has 1 rings (SSSR count). The van der Waals surface area contributed by atoms with Gasteiger partial charge in [0.1, 0.15) is 0 Å². The van der Waals surface area contributed by atoms with Crippen LogP contribution in [0, 0.1) is 11.8 Å². The third-order valence-corrected chi connectivity index (χ3v) is 2.82. The number of likely N-dealkylation sites (tertiary alicyclic amines) is 1. The van der Waals surface area contributed by atoms with E-state index in [4.69, 9.17) is 0 Å². The number of hydrogen-bond acceptors (Lipinski definition) is 2. The van der Waals surface area contributed by atoms with Gasteiger partial charge in [-0.05, 0) is 12.3 Å². The van der Waals surface area contributed by atoms with Gasteiger partial charge in [0, 0.05) is 26.1 Å². The first-order valence-electron chi connectivity index (χ1n) is 6.21. The summed E-state index contributed by atoms with van der Waals surface area (Å²) >= 11 is 0. The Morgan fingerprint density at radius 2 is 2.35 bits per heavy atom. The standard InChI is InChI=1S/C13H22N2O2/c1-4-5-6-14-13(17)11-7-12(16)15(9-11)8-10(2)3/h4,10-11H,1,5-9H2,2-3H3,(H,14,17). The van der Waals surface area contributed by atoms with Crippen LogP contribution in [0.25, 0.3) is 0 Å². The Bertz CT molecular complexity index is 300. The zero-order valence-electron chi connectivity index (χ0n) is 10.7. The van der Waals surface area contributed by atoms with Crippen molar-refractivity contribution in [2.45, 2.75) is 26.7 Å². The molecule has 0 bridgehead atoms. The number of carbonyl (C=O) groups is 2. The smallest absolute Gasteiger partial charge is 0.225 e. The van der Waals surface area contributed by atoms with E-state index >= 15 is 0 Å². The predicted octanol–water partition coefficient (Wildman–Crippen LogP) is 1.18. The van der Waals surface area contributed by atoms with Gasteiger partial charge in [0.25, 0.3) is 0 Å². The fraction of sp³-hybridized carbons (Fsp3) is 0.692. The molecule has 1 aliphatic rings. The van der Waals surface area contributed by atoms with Crippen LogP contribution >= 0.6 is 0 Å². The lowest BCUT2D eigenvalue weighted by molar-refractivity contribution is -0.129.